The van der Waals surface area contributed by atoms with Gasteiger partial charge in [-0.1, -0.05) is 0 Å². The van der Waals surface area contributed by atoms with Gasteiger partial charge in [0.25, 0.3) is 5.69 Å². The van der Waals surface area contributed by atoms with Crippen molar-refractivity contribution in [2.75, 3.05) is 26.0 Å². The van der Waals surface area contributed by atoms with E-state index in [0.29, 0.717) is 16.7 Å². The van der Waals surface area contributed by atoms with Gasteiger partial charge in [-0.2, -0.15) is 0 Å². The number of benzene rings is 1. The Kier molecular flexibility index (Phi) is 4.09. The highest BCUT2D eigenvalue weighted by molar-refractivity contribution is 5.90. The summed E-state index contributed by atoms with van der Waals surface area (Å²) in [6.07, 6.45) is 1.46. The summed E-state index contributed by atoms with van der Waals surface area (Å²) >= 11 is 0. The smallest absolute Gasteiger partial charge is 0.270 e. The normalized spacial score (nSPS) is 12.6. The zero-order valence-corrected chi connectivity index (χ0v) is 11.7. The van der Waals surface area contributed by atoms with Crippen LogP contribution >= 0.6 is 0 Å². The molecule has 0 saturated carbocycles. The van der Waals surface area contributed by atoms with Crippen LogP contribution in [0.2, 0.25) is 0 Å². The number of rotatable bonds is 5. The number of hydrogen-bond acceptors (Lipinski definition) is 6. The molecular weight excluding hydrogens is 258 g/mol. The fourth-order valence-electron chi connectivity index (χ4n) is 2.10. The molecule has 7 nitrogen and oxygen atoms in total. The maximum atomic E-state index is 10.9. The van der Waals surface area contributed by atoms with Gasteiger partial charge in [-0.15, -0.1) is 0 Å². The number of nitro benzene ring substituents is 1. The van der Waals surface area contributed by atoms with E-state index in [1.54, 1.807) is 6.07 Å². The van der Waals surface area contributed by atoms with Crippen molar-refractivity contribution in [3.05, 3.63) is 34.6 Å². The van der Waals surface area contributed by atoms with E-state index in [1.807, 2.05) is 21.0 Å². The molecule has 0 fully saturated rings. The minimum Gasteiger partial charge on any atom is -0.366 e. The van der Waals surface area contributed by atoms with Crippen molar-refractivity contribution in [2.45, 2.75) is 13.0 Å². The Bertz CT molecular complexity index is 629. The average Bonchev–Trinajstić information content (AvgIpc) is 2.37. The Hall–Kier alpha value is -2.28. The van der Waals surface area contributed by atoms with Crippen LogP contribution in [0.3, 0.4) is 0 Å². The number of non-ortho nitro benzene ring substituents is 1. The summed E-state index contributed by atoms with van der Waals surface area (Å²) in [5.74, 6) is 0.619. The number of hydrogen-bond donors (Lipinski definition) is 1. The third kappa shape index (κ3) is 3.18. The summed E-state index contributed by atoms with van der Waals surface area (Å²) in [6.45, 7) is 2.87. The summed E-state index contributed by atoms with van der Waals surface area (Å²) < 4.78 is 0. The molecular formula is C13H17N5O2. The second-order valence-electron chi connectivity index (χ2n) is 4.99. The molecule has 0 aliphatic carbocycles. The maximum absolute atomic E-state index is 10.9. The van der Waals surface area contributed by atoms with Crippen LogP contribution in [0, 0.1) is 10.1 Å². The van der Waals surface area contributed by atoms with E-state index in [4.69, 9.17) is 0 Å². The summed E-state index contributed by atoms with van der Waals surface area (Å²) in [5.41, 5.74) is 0.723. The Morgan fingerprint density at radius 2 is 2.15 bits per heavy atom. The summed E-state index contributed by atoms with van der Waals surface area (Å²) in [6, 6.07) is 4.75. The zero-order chi connectivity index (χ0) is 14.7. The zero-order valence-electron chi connectivity index (χ0n) is 11.7. The van der Waals surface area contributed by atoms with Crippen molar-refractivity contribution in [3.63, 3.8) is 0 Å². The third-order valence-corrected chi connectivity index (χ3v) is 2.85. The van der Waals surface area contributed by atoms with Crippen LogP contribution in [-0.4, -0.2) is 46.5 Å². The van der Waals surface area contributed by atoms with Gasteiger partial charge in [-0.3, -0.25) is 10.1 Å². The van der Waals surface area contributed by atoms with Crippen molar-refractivity contribution in [2.24, 2.45) is 0 Å². The van der Waals surface area contributed by atoms with E-state index < -0.39 is 4.92 Å². The second-order valence-corrected chi connectivity index (χ2v) is 4.99. The molecule has 20 heavy (non-hydrogen) atoms. The quantitative estimate of drug-likeness (QED) is 0.662. The number of fused-ring (bicyclic) bond motifs is 1. The molecule has 7 heteroatoms. The number of aromatic nitrogens is 2. The third-order valence-electron chi connectivity index (χ3n) is 2.85. The molecule has 1 unspecified atom stereocenters. The van der Waals surface area contributed by atoms with E-state index in [2.05, 4.69) is 20.2 Å². The van der Waals surface area contributed by atoms with Crippen molar-refractivity contribution in [1.82, 2.24) is 14.9 Å². The lowest BCUT2D eigenvalue weighted by molar-refractivity contribution is -0.384. The van der Waals surface area contributed by atoms with Gasteiger partial charge in [-0.25, -0.2) is 9.97 Å². The minimum atomic E-state index is -0.417. The van der Waals surface area contributed by atoms with Crippen LogP contribution in [0.5, 0.6) is 0 Å². The van der Waals surface area contributed by atoms with Crippen molar-refractivity contribution >= 4 is 22.4 Å². The molecule has 2 aromatic rings. The molecule has 0 bridgehead atoms. The molecule has 0 spiro atoms. The van der Waals surface area contributed by atoms with Crippen LogP contribution < -0.4 is 5.32 Å². The fraction of sp³-hybridized carbons (Fsp3) is 0.385. The van der Waals surface area contributed by atoms with Crippen LogP contribution in [0.15, 0.2) is 24.5 Å². The van der Waals surface area contributed by atoms with Gasteiger partial charge in [-0.05, 0) is 27.1 Å². The summed E-state index contributed by atoms with van der Waals surface area (Å²) in [7, 11) is 3.97. The molecule has 0 amide bonds. The first-order valence-electron chi connectivity index (χ1n) is 6.28. The van der Waals surface area contributed by atoms with Gasteiger partial charge in [0.05, 0.1) is 10.4 Å². The highest BCUT2D eigenvalue weighted by Gasteiger charge is 2.12. The lowest BCUT2D eigenvalue weighted by Gasteiger charge is -2.19. The lowest BCUT2D eigenvalue weighted by Crippen LogP contribution is -2.30. The monoisotopic (exact) mass is 275 g/mol. The first-order chi connectivity index (χ1) is 9.47. The van der Waals surface area contributed by atoms with Crippen LogP contribution in [0.25, 0.3) is 10.9 Å². The lowest BCUT2D eigenvalue weighted by atomic mass is 10.2. The van der Waals surface area contributed by atoms with E-state index in [1.165, 1.54) is 18.5 Å². The highest BCUT2D eigenvalue weighted by atomic mass is 16.6. The average molecular weight is 275 g/mol. The molecule has 0 saturated heterocycles. The number of nitrogens with one attached hydrogen (secondary N) is 1. The number of likely N-dealkylation sites (N-methyl/N-ethyl adjacent to an activating group) is 1. The number of nitro groups is 1. The SMILES string of the molecule is CC(CN(C)C)Nc1ncnc2ccc([N+](=O)[O-])cc12. The molecule has 0 aliphatic heterocycles. The van der Waals surface area contributed by atoms with Gasteiger partial charge < -0.3 is 10.2 Å². The van der Waals surface area contributed by atoms with Crippen molar-refractivity contribution < 1.29 is 4.92 Å². The molecule has 1 N–H and O–H groups in total. The Morgan fingerprint density at radius 3 is 2.80 bits per heavy atom. The largest absolute Gasteiger partial charge is 0.366 e. The first kappa shape index (κ1) is 14.1. The first-order valence-corrected chi connectivity index (χ1v) is 6.28. The van der Waals surface area contributed by atoms with Gasteiger partial charge in [0.15, 0.2) is 0 Å². The predicted octanol–water partition coefficient (Wildman–Crippen LogP) is 1.90. The molecule has 106 valence electrons. The number of anilines is 1. The summed E-state index contributed by atoms with van der Waals surface area (Å²) in [4.78, 5) is 20.8. The minimum absolute atomic E-state index is 0.0376. The van der Waals surface area contributed by atoms with Crippen molar-refractivity contribution in [1.29, 1.82) is 0 Å². The van der Waals surface area contributed by atoms with E-state index in [9.17, 15) is 10.1 Å². The van der Waals surface area contributed by atoms with E-state index in [-0.39, 0.29) is 11.7 Å². The fourth-order valence-corrected chi connectivity index (χ4v) is 2.10. The number of nitrogens with zero attached hydrogens (tertiary/aromatic N) is 4. The summed E-state index contributed by atoms with van der Waals surface area (Å²) in [5, 5.41) is 14.8. The van der Waals surface area contributed by atoms with Gasteiger partial charge in [0.1, 0.15) is 12.1 Å². The molecule has 1 atom stereocenters. The van der Waals surface area contributed by atoms with Crippen LogP contribution in [-0.2, 0) is 0 Å². The molecule has 0 aliphatic rings. The van der Waals surface area contributed by atoms with Gasteiger partial charge in [0, 0.05) is 30.1 Å². The topological polar surface area (TPSA) is 84.2 Å². The van der Waals surface area contributed by atoms with Crippen LogP contribution in [0.1, 0.15) is 6.92 Å². The van der Waals surface area contributed by atoms with Crippen LogP contribution in [0.4, 0.5) is 11.5 Å². The van der Waals surface area contributed by atoms with E-state index >= 15 is 0 Å². The second kappa shape index (κ2) is 5.79. The molecule has 1 heterocycles. The molecule has 0 radical (unpaired) electrons. The Labute approximate surface area is 116 Å². The molecule has 1 aromatic carbocycles. The maximum Gasteiger partial charge on any atom is 0.270 e. The van der Waals surface area contributed by atoms with Gasteiger partial charge >= 0.3 is 0 Å². The van der Waals surface area contributed by atoms with Gasteiger partial charge in [0.2, 0.25) is 0 Å². The Balaban J connectivity index is 2.37. The molecule has 2 rings (SSSR count). The Morgan fingerprint density at radius 1 is 1.40 bits per heavy atom. The van der Waals surface area contributed by atoms with Crippen molar-refractivity contribution in [3.8, 4) is 0 Å². The molecule has 1 aromatic heterocycles. The predicted molar refractivity (Wildman–Crippen MR) is 77.8 cm³/mol. The van der Waals surface area contributed by atoms with E-state index in [0.717, 1.165) is 6.54 Å². The highest BCUT2D eigenvalue weighted by Crippen LogP contribution is 2.24. The standard InChI is InChI=1S/C13H17N5O2/c1-9(7-17(2)3)16-13-11-6-10(18(19)20)4-5-12(11)14-8-15-13/h4-6,8-9H,7H2,1-3H3,(H,14,15,16).